The number of imidazole rings is 1. The number of aryl methyl sites for hydroxylation is 1. The number of aromatic nitrogens is 2. The maximum Gasteiger partial charge on any atom is 0.205 e. The third-order valence-electron chi connectivity index (χ3n) is 3.55. The van der Waals surface area contributed by atoms with Gasteiger partial charge in [-0.3, -0.25) is 4.90 Å². The topological polar surface area (TPSA) is 50.3 Å². The summed E-state index contributed by atoms with van der Waals surface area (Å²) in [6, 6.07) is 0.239. The Morgan fingerprint density at radius 2 is 2.11 bits per heavy atom. The fourth-order valence-corrected chi connectivity index (χ4v) is 2.85. The van der Waals surface area contributed by atoms with E-state index in [0.717, 1.165) is 38.5 Å². The Labute approximate surface area is 114 Å². The molecule has 0 aliphatic carbocycles. The van der Waals surface area contributed by atoms with Crippen LogP contribution in [0, 0.1) is 0 Å². The molecule has 1 aliphatic rings. The van der Waals surface area contributed by atoms with Crippen LogP contribution in [0.25, 0.3) is 0 Å². The van der Waals surface area contributed by atoms with Gasteiger partial charge in [0.15, 0.2) is 0 Å². The van der Waals surface area contributed by atoms with Crippen LogP contribution in [0.4, 0.5) is 5.95 Å². The monoisotopic (exact) mass is 267 g/mol. The maximum absolute atomic E-state index is 5.79. The number of nitrogens with zero attached hydrogens (tertiary/aromatic N) is 4. The summed E-state index contributed by atoms with van der Waals surface area (Å²) < 4.78 is 2.06. The molecule has 1 aliphatic heterocycles. The van der Waals surface area contributed by atoms with E-state index in [9.17, 15) is 0 Å². The summed E-state index contributed by atoms with van der Waals surface area (Å²) in [7, 11) is 2.03. The first-order valence-corrected chi connectivity index (χ1v) is 6.80. The van der Waals surface area contributed by atoms with E-state index in [-0.39, 0.29) is 6.04 Å². The van der Waals surface area contributed by atoms with Crippen molar-refractivity contribution in [2.75, 3.05) is 31.1 Å². The lowest BCUT2D eigenvalue weighted by molar-refractivity contribution is 0.223. The van der Waals surface area contributed by atoms with Gasteiger partial charge in [-0.2, -0.15) is 0 Å². The van der Waals surface area contributed by atoms with Gasteiger partial charge in [0.1, 0.15) is 0 Å². The predicted molar refractivity (Wildman–Crippen MR) is 77.9 cm³/mol. The van der Waals surface area contributed by atoms with Gasteiger partial charge in [0, 0.05) is 45.6 Å². The van der Waals surface area contributed by atoms with Crippen LogP contribution in [0.15, 0.2) is 12.4 Å². The highest BCUT2D eigenvalue weighted by atomic mass is 32.1. The van der Waals surface area contributed by atoms with Crippen LogP contribution >= 0.6 is 12.2 Å². The number of hydrogen-bond acceptors (Lipinski definition) is 4. The maximum atomic E-state index is 5.79. The number of anilines is 1. The molecule has 0 spiro atoms. The molecule has 18 heavy (non-hydrogen) atoms. The smallest absolute Gasteiger partial charge is 0.205 e. The molecule has 1 aromatic heterocycles. The summed E-state index contributed by atoms with van der Waals surface area (Å²) in [5.41, 5.74) is 5.79. The van der Waals surface area contributed by atoms with Crippen molar-refractivity contribution >= 4 is 23.2 Å². The second-order valence-corrected chi connectivity index (χ2v) is 5.16. The third kappa shape index (κ3) is 2.64. The molecule has 0 aromatic carbocycles. The molecule has 0 saturated carbocycles. The van der Waals surface area contributed by atoms with E-state index in [0.29, 0.717) is 4.99 Å². The van der Waals surface area contributed by atoms with Crippen molar-refractivity contribution in [3.63, 3.8) is 0 Å². The minimum absolute atomic E-state index is 0.239. The number of piperazine rings is 1. The summed E-state index contributed by atoms with van der Waals surface area (Å²) in [4.78, 5) is 9.68. The standard InChI is InChI=1S/C12H21N5S/c1-3-10(11(13)18)16-6-8-17(9-7-16)12-14-4-5-15(12)2/h4-5,10H,3,6-9H2,1-2H3,(H2,13,18). The third-order valence-corrected chi connectivity index (χ3v) is 3.82. The van der Waals surface area contributed by atoms with Crippen molar-refractivity contribution in [1.82, 2.24) is 14.5 Å². The zero-order chi connectivity index (χ0) is 13.1. The van der Waals surface area contributed by atoms with E-state index in [1.807, 2.05) is 19.4 Å². The molecule has 0 bridgehead atoms. The summed E-state index contributed by atoms with van der Waals surface area (Å²) in [6.45, 7) is 6.06. The van der Waals surface area contributed by atoms with Gasteiger partial charge in [0.05, 0.1) is 11.0 Å². The minimum atomic E-state index is 0.239. The van der Waals surface area contributed by atoms with E-state index in [2.05, 4.69) is 26.3 Å². The van der Waals surface area contributed by atoms with Crippen molar-refractivity contribution in [3.8, 4) is 0 Å². The van der Waals surface area contributed by atoms with Gasteiger partial charge >= 0.3 is 0 Å². The fourth-order valence-electron chi connectivity index (χ4n) is 2.54. The molecule has 5 nitrogen and oxygen atoms in total. The van der Waals surface area contributed by atoms with E-state index >= 15 is 0 Å². The average Bonchev–Trinajstić information content (AvgIpc) is 2.77. The van der Waals surface area contributed by atoms with Crippen molar-refractivity contribution < 1.29 is 0 Å². The van der Waals surface area contributed by atoms with Crippen LogP contribution in [-0.2, 0) is 7.05 Å². The van der Waals surface area contributed by atoms with Crippen LogP contribution in [0.3, 0.4) is 0 Å². The Hall–Kier alpha value is -1.14. The highest BCUT2D eigenvalue weighted by Gasteiger charge is 2.25. The highest BCUT2D eigenvalue weighted by Crippen LogP contribution is 2.15. The van der Waals surface area contributed by atoms with Crippen molar-refractivity contribution in [2.24, 2.45) is 12.8 Å². The molecular formula is C12H21N5S. The first-order valence-electron chi connectivity index (χ1n) is 6.39. The second-order valence-electron chi connectivity index (χ2n) is 4.69. The van der Waals surface area contributed by atoms with Gasteiger partial charge in [-0.05, 0) is 6.42 Å². The molecule has 6 heteroatoms. The normalized spacial score (nSPS) is 18.9. The van der Waals surface area contributed by atoms with E-state index < -0.39 is 0 Å². The van der Waals surface area contributed by atoms with Crippen LogP contribution in [0.2, 0.25) is 0 Å². The molecule has 1 aromatic rings. The van der Waals surface area contributed by atoms with Gasteiger partial charge in [-0.1, -0.05) is 19.1 Å². The second kappa shape index (κ2) is 5.67. The highest BCUT2D eigenvalue weighted by molar-refractivity contribution is 7.80. The van der Waals surface area contributed by atoms with Crippen LogP contribution in [-0.4, -0.2) is 51.7 Å². The van der Waals surface area contributed by atoms with Crippen molar-refractivity contribution in [1.29, 1.82) is 0 Å². The summed E-state index contributed by atoms with van der Waals surface area (Å²) in [5.74, 6) is 1.04. The lowest BCUT2D eigenvalue weighted by Crippen LogP contribution is -2.54. The molecule has 1 fully saturated rings. The molecule has 100 valence electrons. The molecule has 2 N–H and O–H groups in total. The minimum Gasteiger partial charge on any atom is -0.392 e. The van der Waals surface area contributed by atoms with Gasteiger partial charge in [0.2, 0.25) is 5.95 Å². The number of rotatable bonds is 4. The zero-order valence-electron chi connectivity index (χ0n) is 11.0. The van der Waals surface area contributed by atoms with E-state index in [1.54, 1.807) is 0 Å². The zero-order valence-corrected chi connectivity index (χ0v) is 11.9. The number of hydrogen-bond donors (Lipinski definition) is 1. The summed E-state index contributed by atoms with van der Waals surface area (Å²) >= 11 is 5.13. The molecule has 0 radical (unpaired) electrons. The van der Waals surface area contributed by atoms with Crippen molar-refractivity contribution in [3.05, 3.63) is 12.4 Å². The Kier molecular flexibility index (Phi) is 4.19. The number of nitrogens with two attached hydrogens (primary N) is 1. The van der Waals surface area contributed by atoms with Gasteiger partial charge in [-0.25, -0.2) is 4.98 Å². The Morgan fingerprint density at radius 1 is 1.44 bits per heavy atom. The molecule has 1 saturated heterocycles. The van der Waals surface area contributed by atoms with Crippen LogP contribution in [0.1, 0.15) is 13.3 Å². The average molecular weight is 267 g/mol. The van der Waals surface area contributed by atoms with Gasteiger partial charge < -0.3 is 15.2 Å². The lowest BCUT2D eigenvalue weighted by Gasteiger charge is -2.38. The molecule has 1 atom stereocenters. The van der Waals surface area contributed by atoms with E-state index in [4.69, 9.17) is 18.0 Å². The quantitative estimate of drug-likeness (QED) is 0.810. The molecule has 2 heterocycles. The lowest BCUT2D eigenvalue weighted by atomic mass is 10.1. The van der Waals surface area contributed by atoms with Gasteiger partial charge in [-0.15, -0.1) is 0 Å². The number of thiocarbonyl (C=S) groups is 1. The summed E-state index contributed by atoms with van der Waals surface area (Å²) in [6.07, 6.45) is 4.80. The summed E-state index contributed by atoms with van der Waals surface area (Å²) in [5, 5.41) is 0. The van der Waals surface area contributed by atoms with Crippen molar-refractivity contribution in [2.45, 2.75) is 19.4 Å². The SMILES string of the molecule is CCC(C(N)=S)N1CCN(c2nccn2C)CC1. The van der Waals surface area contributed by atoms with E-state index in [1.165, 1.54) is 0 Å². The first-order chi connectivity index (χ1) is 8.63. The van der Waals surface area contributed by atoms with Gasteiger partial charge in [0.25, 0.3) is 0 Å². The Balaban J connectivity index is 1.96. The molecule has 0 amide bonds. The largest absolute Gasteiger partial charge is 0.392 e. The molecule has 2 rings (SSSR count). The Morgan fingerprint density at radius 3 is 2.56 bits per heavy atom. The first kappa shape index (κ1) is 13.3. The van der Waals surface area contributed by atoms with Crippen LogP contribution < -0.4 is 10.6 Å². The molecular weight excluding hydrogens is 246 g/mol. The Bertz CT molecular complexity index is 408. The predicted octanol–water partition coefficient (Wildman–Crippen LogP) is 0.607. The molecule has 1 unspecified atom stereocenters. The van der Waals surface area contributed by atoms with Crippen LogP contribution in [0.5, 0.6) is 0 Å². The fraction of sp³-hybridized carbons (Fsp3) is 0.667.